The fourth-order valence-electron chi connectivity index (χ4n) is 2.30. The number of rotatable bonds is 5. The Balaban J connectivity index is 2.50. The highest BCUT2D eigenvalue weighted by atomic mass is 79.9. The molecule has 1 aromatic carbocycles. The first-order chi connectivity index (χ1) is 9.21. The van der Waals surface area contributed by atoms with Crippen LogP contribution in [-0.4, -0.2) is 14.2 Å². The molecule has 0 bridgehead atoms. The fraction of sp³-hybridized carbons (Fsp3) is 0.333. The number of hydrogen-bond acceptors (Lipinski definition) is 3. The molecule has 2 aromatic rings. The molecule has 0 aliphatic rings. The predicted octanol–water partition coefficient (Wildman–Crippen LogP) is 3.92. The molecular weight excluding hydrogens is 306 g/mol. The molecule has 0 spiro atoms. The third kappa shape index (κ3) is 2.85. The second-order valence-electron chi connectivity index (χ2n) is 4.26. The van der Waals surface area contributed by atoms with Crippen molar-refractivity contribution < 1.29 is 9.15 Å². The average molecular weight is 324 g/mol. The van der Waals surface area contributed by atoms with Gasteiger partial charge in [-0.05, 0) is 31.3 Å². The first kappa shape index (κ1) is 14.2. The first-order valence-electron chi connectivity index (χ1n) is 6.28. The minimum absolute atomic E-state index is 0.0566. The molecule has 1 unspecified atom stereocenters. The van der Waals surface area contributed by atoms with Crippen LogP contribution < -0.4 is 10.1 Å². The molecule has 3 nitrogen and oxygen atoms in total. The van der Waals surface area contributed by atoms with Crippen LogP contribution in [-0.2, 0) is 6.42 Å². The number of halogens is 1. The molecule has 1 heterocycles. The summed E-state index contributed by atoms with van der Waals surface area (Å²) < 4.78 is 12.0. The van der Waals surface area contributed by atoms with E-state index in [4.69, 9.17) is 9.15 Å². The van der Waals surface area contributed by atoms with Crippen molar-refractivity contribution in [2.75, 3.05) is 14.2 Å². The Morgan fingerprint density at radius 3 is 2.74 bits per heavy atom. The second-order valence-corrected chi connectivity index (χ2v) is 5.18. The highest BCUT2D eigenvalue weighted by Crippen LogP contribution is 2.34. The van der Waals surface area contributed by atoms with Crippen molar-refractivity contribution in [2.24, 2.45) is 0 Å². The molecule has 0 saturated carbocycles. The van der Waals surface area contributed by atoms with Crippen LogP contribution in [0, 0.1) is 0 Å². The smallest absolute Gasteiger partial charge is 0.124 e. The standard InChI is InChI=1S/C15H18BrNO2/c1-4-13-11(7-8-19-13)15(17-2)12-9-10(16)5-6-14(12)18-3/h5-9,15,17H,4H2,1-3H3. The van der Waals surface area contributed by atoms with Crippen LogP contribution in [0.1, 0.15) is 29.9 Å². The average Bonchev–Trinajstić information content (AvgIpc) is 2.88. The van der Waals surface area contributed by atoms with E-state index in [0.29, 0.717) is 0 Å². The zero-order valence-corrected chi connectivity index (χ0v) is 13.0. The van der Waals surface area contributed by atoms with E-state index in [-0.39, 0.29) is 6.04 Å². The molecule has 1 aromatic heterocycles. The number of aryl methyl sites for hydroxylation is 1. The summed E-state index contributed by atoms with van der Waals surface area (Å²) in [4.78, 5) is 0. The van der Waals surface area contributed by atoms with E-state index in [1.165, 1.54) is 0 Å². The molecule has 102 valence electrons. The quantitative estimate of drug-likeness (QED) is 0.905. The van der Waals surface area contributed by atoms with Crippen molar-refractivity contribution in [3.05, 3.63) is 51.9 Å². The molecule has 4 heteroatoms. The van der Waals surface area contributed by atoms with Crippen LogP contribution in [0.15, 0.2) is 39.4 Å². The summed E-state index contributed by atoms with van der Waals surface area (Å²) in [6.45, 7) is 2.09. The zero-order chi connectivity index (χ0) is 13.8. The summed E-state index contributed by atoms with van der Waals surface area (Å²) in [7, 11) is 3.63. The van der Waals surface area contributed by atoms with Gasteiger partial charge in [0.25, 0.3) is 0 Å². The lowest BCUT2D eigenvalue weighted by Gasteiger charge is -2.19. The number of hydrogen-bond donors (Lipinski definition) is 1. The Labute approximate surface area is 122 Å². The first-order valence-corrected chi connectivity index (χ1v) is 7.07. The lowest BCUT2D eigenvalue weighted by molar-refractivity contribution is 0.404. The molecule has 19 heavy (non-hydrogen) atoms. The maximum Gasteiger partial charge on any atom is 0.124 e. The Morgan fingerprint density at radius 1 is 1.32 bits per heavy atom. The summed E-state index contributed by atoms with van der Waals surface area (Å²) in [6, 6.07) is 8.09. The largest absolute Gasteiger partial charge is 0.496 e. The lowest BCUT2D eigenvalue weighted by atomic mass is 9.97. The SMILES string of the molecule is CCc1occc1C(NC)c1cc(Br)ccc1OC. The van der Waals surface area contributed by atoms with E-state index in [1.54, 1.807) is 13.4 Å². The number of furan rings is 1. The molecule has 0 fully saturated rings. The van der Waals surface area contributed by atoms with E-state index in [2.05, 4.69) is 34.2 Å². The summed E-state index contributed by atoms with van der Waals surface area (Å²) in [6.07, 6.45) is 2.61. The summed E-state index contributed by atoms with van der Waals surface area (Å²) in [5, 5.41) is 3.34. The molecule has 0 aliphatic heterocycles. The molecule has 1 atom stereocenters. The molecule has 0 aliphatic carbocycles. The van der Waals surface area contributed by atoms with Gasteiger partial charge in [-0.3, -0.25) is 0 Å². The highest BCUT2D eigenvalue weighted by molar-refractivity contribution is 9.10. The normalized spacial score (nSPS) is 12.4. The monoisotopic (exact) mass is 323 g/mol. The fourth-order valence-corrected chi connectivity index (χ4v) is 2.68. The van der Waals surface area contributed by atoms with Crippen LogP contribution in [0.4, 0.5) is 0 Å². The summed E-state index contributed by atoms with van der Waals surface area (Å²) >= 11 is 3.52. The maximum atomic E-state index is 5.53. The minimum Gasteiger partial charge on any atom is -0.496 e. The summed E-state index contributed by atoms with van der Waals surface area (Å²) in [5.41, 5.74) is 2.25. The van der Waals surface area contributed by atoms with Gasteiger partial charge in [0.05, 0.1) is 19.4 Å². The van der Waals surface area contributed by atoms with Crippen molar-refractivity contribution in [3.8, 4) is 5.75 Å². The number of benzene rings is 1. The van der Waals surface area contributed by atoms with Crippen LogP contribution in [0.3, 0.4) is 0 Å². The van der Waals surface area contributed by atoms with Gasteiger partial charge < -0.3 is 14.5 Å². The van der Waals surface area contributed by atoms with Gasteiger partial charge in [0.15, 0.2) is 0 Å². The van der Waals surface area contributed by atoms with Gasteiger partial charge >= 0.3 is 0 Å². The predicted molar refractivity (Wildman–Crippen MR) is 79.7 cm³/mol. The van der Waals surface area contributed by atoms with Gasteiger partial charge in [0.2, 0.25) is 0 Å². The number of methoxy groups -OCH3 is 1. The number of ether oxygens (including phenoxy) is 1. The van der Waals surface area contributed by atoms with E-state index in [1.807, 2.05) is 25.2 Å². The molecular formula is C15H18BrNO2. The van der Waals surface area contributed by atoms with E-state index >= 15 is 0 Å². The highest BCUT2D eigenvalue weighted by Gasteiger charge is 2.21. The van der Waals surface area contributed by atoms with Gasteiger partial charge in [0, 0.05) is 22.0 Å². The van der Waals surface area contributed by atoms with Crippen molar-refractivity contribution in [1.29, 1.82) is 0 Å². The van der Waals surface area contributed by atoms with Crippen LogP contribution in [0.25, 0.3) is 0 Å². The Bertz CT molecular complexity index is 551. The van der Waals surface area contributed by atoms with Gasteiger partial charge in [-0.2, -0.15) is 0 Å². The van der Waals surface area contributed by atoms with Gasteiger partial charge in [-0.25, -0.2) is 0 Å². The van der Waals surface area contributed by atoms with E-state index in [9.17, 15) is 0 Å². The van der Waals surface area contributed by atoms with Crippen molar-refractivity contribution in [1.82, 2.24) is 5.32 Å². The van der Waals surface area contributed by atoms with Gasteiger partial charge in [-0.15, -0.1) is 0 Å². The van der Waals surface area contributed by atoms with Gasteiger partial charge in [0.1, 0.15) is 11.5 Å². The Morgan fingerprint density at radius 2 is 2.11 bits per heavy atom. The molecule has 0 radical (unpaired) electrons. The Hall–Kier alpha value is -1.26. The van der Waals surface area contributed by atoms with Crippen molar-refractivity contribution in [3.63, 3.8) is 0 Å². The molecule has 1 N–H and O–H groups in total. The topological polar surface area (TPSA) is 34.4 Å². The third-order valence-electron chi connectivity index (χ3n) is 3.20. The molecule has 0 amide bonds. The third-order valence-corrected chi connectivity index (χ3v) is 3.70. The van der Waals surface area contributed by atoms with E-state index in [0.717, 1.165) is 33.5 Å². The van der Waals surface area contributed by atoms with Crippen molar-refractivity contribution >= 4 is 15.9 Å². The van der Waals surface area contributed by atoms with Gasteiger partial charge in [-0.1, -0.05) is 22.9 Å². The van der Waals surface area contributed by atoms with E-state index < -0.39 is 0 Å². The minimum atomic E-state index is 0.0566. The number of nitrogens with one attached hydrogen (secondary N) is 1. The lowest BCUT2D eigenvalue weighted by Crippen LogP contribution is -2.19. The van der Waals surface area contributed by atoms with Crippen molar-refractivity contribution in [2.45, 2.75) is 19.4 Å². The second kappa shape index (κ2) is 6.26. The van der Waals surface area contributed by atoms with Crippen LogP contribution in [0.2, 0.25) is 0 Å². The van der Waals surface area contributed by atoms with Crippen LogP contribution in [0.5, 0.6) is 5.75 Å². The Kier molecular flexibility index (Phi) is 4.66. The maximum absolute atomic E-state index is 5.53. The van der Waals surface area contributed by atoms with Crippen LogP contribution >= 0.6 is 15.9 Å². The zero-order valence-electron chi connectivity index (χ0n) is 11.4. The molecule has 2 rings (SSSR count). The summed E-state index contributed by atoms with van der Waals surface area (Å²) in [5.74, 6) is 1.87. The molecule has 0 saturated heterocycles.